The van der Waals surface area contributed by atoms with E-state index in [1.807, 2.05) is 0 Å². The summed E-state index contributed by atoms with van der Waals surface area (Å²) in [5, 5.41) is 6.15. The lowest BCUT2D eigenvalue weighted by Gasteiger charge is -2.24. The fourth-order valence-electron chi connectivity index (χ4n) is 2.46. The molecule has 1 aromatic rings. The number of ether oxygens (including phenoxy) is 1. The van der Waals surface area contributed by atoms with Crippen LogP contribution in [0, 0.1) is 0 Å². The molecule has 0 aromatic heterocycles. The third-order valence-corrected chi connectivity index (χ3v) is 5.65. The van der Waals surface area contributed by atoms with Crippen LogP contribution in [0.15, 0.2) is 23.1 Å². The van der Waals surface area contributed by atoms with E-state index >= 15 is 0 Å². The number of rotatable bonds is 5. The number of carbonyl (C=O) groups is 1. The van der Waals surface area contributed by atoms with Crippen molar-refractivity contribution in [3.63, 3.8) is 0 Å². The number of piperidine rings is 1. The Labute approximate surface area is 149 Å². The van der Waals surface area contributed by atoms with Crippen LogP contribution in [0.5, 0.6) is 5.75 Å². The van der Waals surface area contributed by atoms with E-state index in [1.165, 1.54) is 33.3 Å². The summed E-state index contributed by atoms with van der Waals surface area (Å²) in [5.41, 5.74) is 0.303. The van der Waals surface area contributed by atoms with Gasteiger partial charge in [-0.3, -0.25) is 4.79 Å². The van der Waals surface area contributed by atoms with Gasteiger partial charge in [0.05, 0.1) is 7.11 Å². The molecular weight excluding hydrogens is 354 g/mol. The molecule has 0 spiro atoms. The van der Waals surface area contributed by atoms with Crippen molar-refractivity contribution in [1.82, 2.24) is 14.9 Å². The minimum Gasteiger partial charge on any atom is -0.495 e. The first-order valence-electron chi connectivity index (χ1n) is 7.48. The van der Waals surface area contributed by atoms with Crippen molar-refractivity contribution in [1.29, 1.82) is 0 Å². The largest absolute Gasteiger partial charge is 0.495 e. The maximum atomic E-state index is 12.4. The van der Waals surface area contributed by atoms with Crippen LogP contribution in [0.25, 0.3) is 0 Å². The average molecular weight is 378 g/mol. The van der Waals surface area contributed by atoms with Gasteiger partial charge in [-0.1, -0.05) is 0 Å². The highest BCUT2D eigenvalue weighted by Gasteiger charge is 2.24. The SMILES string of the molecule is COc1ccc(C(=O)N[C@H]2CCCNC2)cc1S(=O)(=O)N(C)C.Cl. The molecule has 136 valence electrons. The molecule has 1 aliphatic rings. The van der Waals surface area contributed by atoms with Crippen molar-refractivity contribution in [2.24, 2.45) is 0 Å². The number of halogens is 1. The van der Waals surface area contributed by atoms with Gasteiger partial charge >= 0.3 is 0 Å². The quantitative estimate of drug-likeness (QED) is 0.794. The minimum absolute atomic E-state index is 0. The van der Waals surface area contributed by atoms with Gasteiger partial charge in [0.25, 0.3) is 5.91 Å². The third kappa shape index (κ3) is 4.60. The summed E-state index contributed by atoms with van der Waals surface area (Å²) >= 11 is 0. The maximum absolute atomic E-state index is 12.4. The minimum atomic E-state index is -3.69. The highest BCUT2D eigenvalue weighted by atomic mass is 35.5. The van der Waals surface area contributed by atoms with Crippen LogP contribution in [-0.2, 0) is 10.0 Å². The van der Waals surface area contributed by atoms with Gasteiger partial charge in [-0.05, 0) is 37.6 Å². The van der Waals surface area contributed by atoms with Gasteiger partial charge in [-0.15, -0.1) is 12.4 Å². The highest BCUT2D eigenvalue weighted by Crippen LogP contribution is 2.27. The Morgan fingerprint density at radius 3 is 2.62 bits per heavy atom. The smallest absolute Gasteiger partial charge is 0.251 e. The molecule has 0 saturated carbocycles. The van der Waals surface area contributed by atoms with Crippen molar-refractivity contribution in [3.8, 4) is 5.75 Å². The Hall–Kier alpha value is -1.35. The molecule has 7 nitrogen and oxygen atoms in total. The summed E-state index contributed by atoms with van der Waals surface area (Å²) in [4.78, 5) is 12.4. The molecule has 1 aliphatic heterocycles. The van der Waals surface area contributed by atoms with Gasteiger partial charge in [-0.2, -0.15) is 0 Å². The molecule has 1 heterocycles. The molecule has 0 bridgehead atoms. The predicted molar refractivity (Wildman–Crippen MR) is 94.5 cm³/mol. The summed E-state index contributed by atoms with van der Waals surface area (Å²) in [6.45, 7) is 1.69. The number of hydrogen-bond acceptors (Lipinski definition) is 5. The average Bonchev–Trinajstić information content (AvgIpc) is 2.55. The predicted octanol–water partition coefficient (Wildman–Crippen LogP) is 0.849. The van der Waals surface area contributed by atoms with E-state index < -0.39 is 10.0 Å². The first-order chi connectivity index (χ1) is 10.9. The van der Waals surface area contributed by atoms with Crippen molar-refractivity contribution in [2.45, 2.75) is 23.8 Å². The Kier molecular flexibility index (Phi) is 7.47. The zero-order chi connectivity index (χ0) is 17.0. The Bertz CT molecular complexity index is 673. The second-order valence-electron chi connectivity index (χ2n) is 5.67. The third-order valence-electron chi connectivity index (χ3n) is 3.82. The van der Waals surface area contributed by atoms with Gasteiger partial charge in [0, 0.05) is 32.2 Å². The monoisotopic (exact) mass is 377 g/mol. The fourth-order valence-corrected chi connectivity index (χ4v) is 3.53. The molecule has 1 saturated heterocycles. The van der Waals surface area contributed by atoms with E-state index in [4.69, 9.17) is 4.74 Å². The number of methoxy groups -OCH3 is 1. The van der Waals surface area contributed by atoms with Crippen molar-refractivity contribution in [2.75, 3.05) is 34.3 Å². The van der Waals surface area contributed by atoms with Crippen molar-refractivity contribution < 1.29 is 17.9 Å². The van der Waals surface area contributed by atoms with Crippen LogP contribution in [0.3, 0.4) is 0 Å². The second kappa shape index (κ2) is 8.66. The molecule has 1 aromatic carbocycles. The number of hydrogen-bond donors (Lipinski definition) is 2. The molecule has 2 rings (SSSR count). The Morgan fingerprint density at radius 1 is 1.38 bits per heavy atom. The number of amides is 1. The highest BCUT2D eigenvalue weighted by molar-refractivity contribution is 7.89. The lowest BCUT2D eigenvalue weighted by molar-refractivity contribution is 0.0930. The molecular formula is C15H24ClN3O4S. The van der Waals surface area contributed by atoms with Crippen LogP contribution in [0.1, 0.15) is 23.2 Å². The number of carbonyl (C=O) groups excluding carboxylic acids is 1. The fraction of sp³-hybridized carbons (Fsp3) is 0.533. The topological polar surface area (TPSA) is 87.7 Å². The molecule has 1 amide bonds. The van der Waals surface area contributed by atoms with Crippen molar-refractivity contribution >= 4 is 28.3 Å². The summed E-state index contributed by atoms with van der Waals surface area (Å²) in [7, 11) is 0.587. The first kappa shape index (κ1) is 20.7. The van der Waals surface area contributed by atoms with Gasteiger partial charge in [0.2, 0.25) is 10.0 Å². The lowest BCUT2D eigenvalue weighted by atomic mass is 10.1. The van der Waals surface area contributed by atoms with Gasteiger partial charge in [-0.25, -0.2) is 12.7 Å². The number of sulfonamides is 1. The van der Waals surface area contributed by atoms with Crippen LogP contribution in [0.4, 0.5) is 0 Å². The zero-order valence-electron chi connectivity index (χ0n) is 14.0. The van der Waals surface area contributed by atoms with Crippen LogP contribution >= 0.6 is 12.4 Å². The number of benzene rings is 1. The van der Waals surface area contributed by atoms with Crippen LogP contribution in [0.2, 0.25) is 0 Å². The van der Waals surface area contributed by atoms with E-state index in [0.29, 0.717) is 5.56 Å². The number of nitrogens with one attached hydrogen (secondary N) is 2. The summed E-state index contributed by atoms with van der Waals surface area (Å²) in [6, 6.07) is 4.50. The molecule has 0 unspecified atom stereocenters. The van der Waals surface area contributed by atoms with Crippen molar-refractivity contribution in [3.05, 3.63) is 23.8 Å². The summed E-state index contributed by atoms with van der Waals surface area (Å²) in [6.07, 6.45) is 1.92. The normalized spacial score (nSPS) is 17.9. The number of nitrogens with zero attached hydrogens (tertiary/aromatic N) is 1. The Morgan fingerprint density at radius 2 is 2.08 bits per heavy atom. The molecule has 0 radical (unpaired) electrons. The van der Waals surface area contributed by atoms with Gasteiger partial charge < -0.3 is 15.4 Å². The first-order valence-corrected chi connectivity index (χ1v) is 8.92. The van der Waals surface area contributed by atoms with E-state index in [-0.39, 0.29) is 35.0 Å². The second-order valence-corrected chi connectivity index (χ2v) is 7.79. The molecule has 0 aliphatic carbocycles. The standard InChI is InChI=1S/C15H23N3O4S.ClH/c1-18(2)23(20,21)14-9-11(6-7-13(14)22-3)15(19)17-12-5-4-8-16-10-12;/h6-7,9,12,16H,4-5,8,10H2,1-3H3,(H,17,19);1H/t12-;/m0./s1. The van der Waals surface area contributed by atoms with E-state index in [9.17, 15) is 13.2 Å². The zero-order valence-corrected chi connectivity index (χ0v) is 15.7. The van der Waals surface area contributed by atoms with Gasteiger partial charge in [0.15, 0.2) is 0 Å². The maximum Gasteiger partial charge on any atom is 0.251 e. The van der Waals surface area contributed by atoms with Gasteiger partial charge in [0.1, 0.15) is 10.6 Å². The summed E-state index contributed by atoms with van der Waals surface area (Å²) in [5.74, 6) is -0.0638. The van der Waals surface area contributed by atoms with E-state index in [2.05, 4.69) is 10.6 Å². The van der Waals surface area contributed by atoms with Crippen LogP contribution < -0.4 is 15.4 Å². The molecule has 1 atom stereocenters. The van der Waals surface area contributed by atoms with Crippen LogP contribution in [-0.4, -0.2) is 59.0 Å². The molecule has 1 fully saturated rings. The molecule has 24 heavy (non-hydrogen) atoms. The Balaban J connectivity index is 0.00000288. The summed E-state index contributed by atoms with van der Waals surface area (Å²) < 4.78 is 31.0. The van der Waals surface area contributed by atoms with E-state index in [1.54, 1.807) is 6.07 Å². The van der Waals surface area contributed by atoms with E-state index in [0.717, 1.165) is 30.2 Å². The molecule has 2 N–H and O–H groups in total. The molecule has 9 heteroatoms. The lowest BCUT2D eigenvalue weighted by Crippen LogP contribution is -2.45.